The van der Waals surface area contributed by atoms with E-state index in [-0.39, 0.29) is 23.4 Å². The van der Waals surface area contributed by atoms with Crippen LogP contribution in [0.2, 0.25) is 0 Å². The molecule has 5 atom stereocenters. The molecule has 0 saturated heterocycles. The number of aliphatic imine (C=N–C) groups is 1. The predicted octanol–water partition coefficient (Wildman–Crippen LogP) is 9.42. The molecule has 4 heterocycles. The second kappa shape index (κ2) is 10.9. The van der Waals surface area contributed by atoms with Gasteiger partial charge in [-0.25, -0.2) is 0 Å². The van der Waals surface area contributed by atoms with E-state index in [1.807, 2.05) is 17.6 Å². The maximum Gasteiger partial charge on any atom is 0.152 e. The van der Waals surface area contributed by atoms with Gasteiger partial charge in [-0.15, -0.1) is 11.3 Å². The summed E-state index contributed by atoms with van der Waals surface area (Å²) in [5.41, 5.74) is 12.9. The quantitative estimate of drug-likeness (QED) is 0.234. The van der Waals surface area contributed by atoms with Gasteiger partial charge in [0.25, 0.3) is 0 Å². The SMILES string of the molecule is CC1(C)C2=C(C=CC2C2CC(c3ccc(C4=c5sc6ccoc6c5=C5C=CC=CC5N4)c4ccccc34)=CC(C3=CCC=C3)=N2)C2C=CC=CC21. The summed E-state index contributed by atoms with van der Waals surface area (Å²) >= 11 is 1.82. The van der Waals surface area contributed by atoms with Gasteiger partial charge in [0.2, 0.25) is 0 Å². The van der Waals surface area contributed by atoms with E-state index in [2.05, 4.69) is 147 Å². The lowest BCUT2D eigenvalue weighted by Crippen LogP contribution is -2.43. The van der Waals surface area contributed by atoms with E-state index in [1.54, 1.807) is 5.57 Å². The van der Waals surface area contributed by atoms with E-state index < -0.39 is 0 Å². The van der Waals surface area contributed by atoms with E-state index in [0.29, 0.717) is 11.8 Å². The van der Waals surface area contributed by atoms with Gasteiger partial charge in [0.15, 0.2) is 5.58 Å². The smallest absolute Gasteiger partial charge is 0.152 e. The highest BCUT2D eigenvalue weighted by molar-refractivity contribution is 7.17. The standard InChI is InChI=1S/C47H38N2OS/c1-47(2)37-17-9-7-15-32(37)33-20-22-36(43(33)47)40-26-28(25-39(48-40)27-11-3-4-12-27)29-19-21-34(31-14-6-5-13-30(29)31)44-46-42(45-41(51-46)23-24-50-45)35-16-8-10-18-38(35)49-44/h3,5-25,32,36-38,40,49H,4,26H2,1-2H3. The van der Waals surface area contributed by atoms with Crippen molar-refractivity contribution in [1.29, 1.82) is 0 Å². The lowest BCUT2D eigenvalue weighted by atomic mass is 9.68. The summed E-state index contributed by atoms with van der Waals surface area (Å²) in [7, 11) is 0. The van der Waals surface area contributed by atoms with Gasteiger partial charge in [-0.05, 0) is 74.9 Å². The number of hydrogen-bond acceptors (Lipinski definition) is 4. The van der Waals surface area contributed by atoms with Crippen molar-refractivity contribution in [3.8, 4) is 0 Å². The molecule has 2 aliphatic heterocycles. The first-order valence-corrected chi connectivity index (χ1v) is 19.2. The molecule has 51 heavy (non-hydrogen) atoms. The Kier molecular flexibility index (Phi) is 6.31. The summed E-state index contributed by atoms with van der Waals surface area (Å²) in [4.78, 5) is 5.58. The van der Waals surface area contributed by atoms with Crippen LogP contribution >= 0.6 is 11.3 Å². The Balaban J connectivity index is 1.06. The molecule has 0 spiro atoms. The summed E-state index contributed by atoms with van der Waals surface area (Å²) in [5, 5.41) is 7.72. The minimum absolute atomic E-state index is 0.0832. The fourth-order valence-corrected chi connectivity index (χ4v) is 11.2. The van der Waals surface area contributed by atoms with Gasteiger partial charge in [-0.1, -0.05) is 135 Å². The number of nitrogens with zero attached hydrogens (tertiary/aromatic N) is 1. The molecule has 2 aromatic carbocycles. The van der Waals surface area contributed by atoms with Crippen molar-refractivity contribution in [1.82, 2.24) is 5.32 Å². The Morgan fingerprint density at radius 1 is 0.843 bits per heavy atom. The lowest BCUT2D eigenvalue weighted by Gasteiger charge is -2.37. The third-order valence-corrected chi connectivity index (χ3v) is 13.5. The van der Waals surface area contributed by atoms with Crippen LogP contribution in [0.15, 0.2) is 160 Å². The number of fused-ring (bicyclic) bond motifs is 7. The first-order valence-electron chi connectivity index (χ1n) is 18.4. The maximum absolute atomic E-state index is 6.09. The highest BCUT2D eigenvalue weighted by atomic mass is 32.1. The third-order valence-electron chi connectivity index (χ3n) is 12.4. The molecule has 5 aliphatic carbocycles. The number of rotatable bonds is 4. The molecule has 0 radical (unpaired) electrons. The fourth-order valence-electron chi connectivity index (χ4n) is 10.1. The summed E-state index contributed by atoms with van der Waals surface area (Å²) in [6, 6.07) is 16.1. The molecule has 7 aliphatic rings. The van der Waals surface area contributed by atoms with Gasteiger partial charge >= 0.3 is 0 Å². The molecule has 0 saturated carbocycles. The monoisotopic (exact) mass is 678 g/mol. The summed E-state index contributed by atoms with van der Waals surface area (Å²) in [6.07, 6.45) is 35.9. The lowest BCUT2D eigenvalue weighted by molar-refractivity contribution is 0.291. The Bertz CT molecular complexity index is 2670. The predicted molar refractivity (Wildman–Crippen MR) is 213 cm³/mol. The number of hydrogen-bond donors (Lipinski definition) is 1. The van der Waals surface area contributed by atoms with Crippen molar-refractivity contribution in [2.75, 3.05) is 0 Å². The summed E-state index contributed by atoms with van der Waals surface area (Å²) < 4.78 is 8.53. The van der Waals surface area contributed by atoms with Gasteiger partial charge < -0.3 is 9.73 Å². The van der Waals surface area contributed by atoms with Gasteiger partial charge in [-0.3, -0.25) is 4.99 Å². The molecule has 0 fully saturated rings. The molecule has 3 nitrogen and oxygen atoms in total. The first-order chi connectivity index (χ1) is 25.0. The van der Waals surface area contributed by atoms with Crippen LogP contribution in [0.1, 0.15) is 37.8 Å². The van der Waals surface area contributed by atoms with Crippen molar-refractivity contribution in [3.63, 3.8) is 0 Å². The van der Waals surface area contributed by atoms with E-state index in [4.69, 9.17) is 9.41 Å². The van der Waals surface area contributed by atoms with Crippen molar-refractivity contribution in [3.05, 3.63) is 171 Å². The van der Waals surface area contributed by atoms with E-state index in [1.165, 1.54) is 64.3 Å². The van der Waals surface area contributed by atoms with Crippen LogP contribution in [0, 0.1) is 23.2 Å². The van der Waals surface area contributed by atoms with Crippen LogP contribution in [0.25, 0.3) is 37.9 Å². The number of thiophene rings is 1. The van der Waals surface area contributed by atoms with Gasteiger partial charge in [0.05, 0.1) is 39.0 Å². The number of allylic oxidation sites excluding steroid dienone is 13. The average Bonchev–Trinajstić information content (AvgIpc) is 4.00. The third kappa shape index (κ3) is 4.26. The van der Waals surface area contributed by atoms with Crippen LogP contribution in [-0.2, 0) is 0 Å². The Hall–Kier alpha value is -5.19. The summed E-state index contributed by atoms with van der Waals surface area (Å²) in [6.45, 7) is 4.92. The molecule has 0 amide bonds. The zero-order valence-electron chi connectivity index (χ0n) is 28.8. The average molecular weight is 679 g/mol. The van der Waals surface area contributed by atoms with Crippen molar-refractivity contribution in [2.45, 2.75) is 38.8 Å². The zero-order chi connectivity index (χ0) is 33.8. The van der Waals surface area contributed by atoms with E-state index in [0.717, 1.165) is 24.1 Å². The molecule has 2 aromatic heterocycles. The molecule has 4 heteroatoms. The Labute approximate surface area is 301 Å². The topological polar surface area (TPSA) is 37.5 Å². The Morgan fingerprint density at radius 3 is 2.57 bits per heavy atom. The number of benzene rings is 2. The fraction of sp³-hybridized carbons (Fsp3) is 0.213. The van der Waals surface area contributed by atoms with Gasteiger partial charge in [-0.2, -0.15) is 0 Å². The van der Waals surface area contributed by atoms with Crippen LogP contribution in [-0.4, -0.2) is 17.8 Å². The first kappa shape index (κ1) is 29.5. The molecule has 4 aromatic rings. The molecule has 248 valence electrons. The second-order valence-electron chi connectivity index (χ2n) is 15.4. The van der Waals surface area contributed by atoms with Crippen LogP contribution in [0.4, 0.5) is 0 Å². The zero-order valence-corrected chi connectivity index (χ0v) is 29.6. The highest BCUT2D eigenvalue weighted by Crippen LogP contribution is 2.59. The minimum atomic E-state index is 0.0832. The van der Waals surface area contributed by atoms with Crippen molar-refractivity contribution < 1.29 is 4.42 Å². The normalized spacial score (nSPS) is 27.9. The molecule has 0 bridgehead atoms. The maximum atomic E-state index is 6.09. The van der Waals surface area contributed by atoms with Crippen LogP contribution in [0.5, 0.6) is 0 Å². The molecule has 1 N–H and O–H groups in total. The molecular weight excluding hydrogens is 641 g/mol. The van der Waals surface area contributed by atoms with Crippen LogP contribution in [0.3, 0.4) is 0 Å². The Morgan fingerprint density at radius 2 is 1.69 bits per heavy atom. The van der Waals surface area contributed by atoms with Crippen LogP contribution < -0.4 is 15.1 Å². The van der Waals surface area contributed by atoms with Gasteiger partial charge in [0, 0.05) is 22.6 Å². The van der Waals surface area contributed by atoms with E-state index >= 15 is 0 Å². The largest absolute Gasteiger partial charge is 0.463 e. The number of furan rings is 1. The molecule has 11 rings (SSSR count). The number of nitrogens with one attached hydrogen (secondary N) is 1. The minimum Gasteiger partial charge on any atom is -0.463 e. The second-order valence-corrected chi connectivity index (χ2v) is 16.4. The van der Waals surface area contributed by atoms with E-state index in [9.17, 15) is 0 Å². The highest BCUT2D eigenvalue weighted by Gasteiger charge is 2.50. The van der Waals surface area contributed by atoms with Crippen molar-refractivity contribution in [2.24, 2.45) is 28.2 Å². The number of dihydropyridines is 1. The summed E-state index contributed by atoms with van der Waals surface area (Å²) in [5.74, 6) is 1.26. The molecule has 5 unspecified atom stereocenters. The van der Waals surface area contributed by atoms with Gasteiger partial charge in [0.1, 0.15) is 0 Å². The van der Waals surface area contributed by atoms with Crippen molar-refractivity contribution >= 4 is 54.9 Å². The molecular formula is C47H38N2OS.